The van der Waals surface area contributed by atoms with Crippen LogP contribution in [0.25, 0.3) is 0 Å². The van der Waals surface area contributed by atoms with E-state index in [0.717, 1.165) is 24.3 Å². The van der Waals surface area contributed by atoms with Crippen LogP contribution in [0.1, 0.15) is 61.4 Å². The van der Waals surface area contributed by atoms with Crippen LogP contribution in [0, 0.1) is 25.7 Å². The van der Waals surface area contributed by atoms with Crippen LogP contribution in [-0.2, 0) is 11.1 Å². The lowest BCUT2D eigenvalue weighted by Crippen LogP contribution is -2.38. The van der Waals surface area contributed by atoms with Crippen molar-refractivity contribution in [2.24, 2.45) is 11.8 Å². The summed E-state index contributed by atoms with van der Waals surface area (Å²) in [6, 6.07) is 12.5. The van der Waals surface area contributed by atoms with Gasteiger partial charge in [-0.3, -0.25) is 4.79 Å². The van der Waals surface area contributed by atoms with Crippen LogP contribution in [0.4, 0.5) is 5.82 Å². The van der Waals surface area contributed by atoms with Gasteiger partial charge in [0.25, 0.3) is 0 Å². The average molecular weight is 386 g/mol. The van der Waals surface area contributed by atoms with E-state index in [1.54, 1.807) is 4.72 Å². The van der Waals surface area contributed by atoms with Gasteiger partial charge in [0.05, 0.1) is 0 Å². The summed E-state index contributed by atoms with van der Waals surface area (Å²) in [5.74, 6) is 2.36. The fourth-order valence-electron chi connectivity index (χ4n) is 4.64. The summed E-state index contributed by atoms with van der Waals surface area (Å²) in [4.78, 5) is 17.3. The maximum absolute atomic E-state index is 12.3. The molecule has 1 aromatic heterocycles. The maximum atomic E-state index is 12.3. The van der Waals surface area contributed by atoms with Gasteiger partial charge in [0.1, 0.15) is 11.6 Å². The lowest BCUT2D eigenvalue weighted by atomic mass is 9.56. The van der Waals surface area contributed by atoms with Crippen LogP contribution in [-0.4, -0.2) is 25.6 Å². The monoisotopic (exact) mass is 386 g/mol. The molecular weight excluding hydrogens is 354 g/mol. The summed E-state index contributed by atoms with van der Waals surface area (Å²) >= 11 is 0. The van der Waals surface area contributed by atoms with E-state index in [1.165, 1.54) is 16.7 Å². The fraction of sp³-hybridized carbons (Fsp3) is 0.500. The third-order valence-electron chi connectivity index (χ3n) is 6.60. The molecule has 0 bridgehead atoms. The van der Waals surface area contributed by atoms with E-state index >= 15 is 0 Å². The number of carbonyl (C=O) groups excluding carboxylic acids is 1. The first-order valence-corrected chi connectivity index (χ1v) is 10.9. The van der Waals surface area contributed by atoms with Gasteiger partial charge in [0.15, 0.2) is 0 Å². The van der Waals surface area contributed by atoms with Gasteiger partial charge in [-0.1, -0.05) is 56.6 Å². The molecule has 3 rings (SSSR count). The minimum Gasteiger partial charge on any atom is -0.454 e. The molecule has 2 unspecified atom stereocenters. The molecule has 29 heavy (non-hydrogen) atoms. The number of Topliss-reactive ketones (excluding diaryl/α,β-unsaturated/α-hetero) is 1. The van der Waals surface area contributed by atoms with Crippen LogP contribution in [0.15, 0.2) is 36.4 Å². The summed E-state index contributed by atoms with van der Waals surface area (Å²) in [7, 11) is 6.53. The van der Waals surface area contributed by atoms with Gasteiger partial charge < -0.3 is 4.72 Å². The van der Waals surface area contributed by atoms with Crippen molar-refractivity contribution in [3.8, 4) is 0 Å². The molecule has 1 fully saturated rings. The highest BCUT2D eigenvalue weighted by Crippen LogP contribution is 2.41. The number of hydrogen-bond donors (Lipinski definition) is 0. The Balaban J connectivity index is 1.91. The number of aryl methyl sites for hydroxylation is 1. The Morgan fingerprint density at radius 3 is 2.59 bits per heavy atom. The molecule has 2 radical (unpaired) electrons. The van der Waals surface area contributed by atoms with Gasteiger partial charge in [-0.05, 0) is 55.6 Å². The van der Waals surface area contributed by atoms with Crippen LogP contribution < -0.4 is 4.72 Å². The second kappa shape index (κ2) is 9.19. The molecule has 0 N–H and O–H groups in total. The second-order valence-electron chi connectivity index (χ2n) is 9.05. The molecule has 1 aromatic carbocycles. The van der Waals surface area contributed by atoms with E-state index in [-0.39, 0.29) is 12.8 Å². The molecule has 1 aliphatic carbocycles. The van der Waals surface area contributed by atoms with Gasteiger partial charge >= 0.3 is 0 Å². The summed E-state index contributed by atoms with van der Waals surface area (Å²) < 4.78 is 1.79. The zero-order chi connectivity index (χ0) is 21.1. The molecule has 150 valence electrons. The van der Waals surface area contributed by atoms with Crippen molar-refractivity contribution < 1.29 is 4.79 Å². The lowest BCUT2D eigenvalue weighted by molar-refractivity contribution is -0.122. The Morgan fingerprint density at radius 1 is 1.24 bits per heavy atom. The number of ketones is 1. The smallest absolute Gasteiger partial charge is 0.242 e. The highest BCUT2D eigenvalue weighted by Gasteiger charge is 2.34. The number of rotatable bonds is 6. The maximum Gasteiger partial charge on any atom is 0.242 e. The summed E-state index contributed by atoms with van der Waals surface area (Å²) in [5.41, 5.74) is 4.71. The van der Waals surface area contributed by atoms with Crippen LogP contribution >= 0.6 is 0 Å². The molecule has 5 heteroatoms. The van der Waals surface area contributed by atoms with Gasteiger partial charge in [-0.25, -0.2) is 4.98 Å². The molecule has 1 heterocycles. The molecule has 0 aliphatic heterocycles. The van der Waals surface area contributed by atoms with E-state index in [9.17, 15) is 4.79 Å². The number of pyridine rings is 1. The summed E-state index contributed by atoms with van der Waals surface area (Å²) in [6.07, 6.45) is 3.12. The van der Waals surface area contributed by atoms with Crippen molar-refractivity contribution in [3.05, 3.63) is 58.8 Å². The van der Waals surface area contributed by atoms with Crippen molar-refractivity contribution in [2.75, 3.05) is 4.72 Å². The molecule has 0 spiro atoms. The van der Waals surface area contributed by atoms with E-state index in [0.29, 0.717) is 30.5 Å². The molecule has 2 atom stereocenters. The third-order valence-corrected chi connectivity index (χ3v) is 6.60. The molecule has 0 amide bonds. The quantitative estimate of drug-likeness (QED) is 0.648. The molecule has 1 saturated carbocycles. The first-order valence-electron chi connectivity index (χ1n) is 10.9. The summed E-state index contributed by atoms with van der Waals surface area (Å²) in [5, 5.41) is 0. The van der Waals surface area contributed by atoms with E-state index in [2.05, 4.69) is 64.8 Å². The van der Waals surface area contributed by atoms with Crippen LogP contribution in [0.3, 0.4) is 0 Å². The molecule has 3 nitrogen and oxygen atoms in total. The molecule has 2 aromatic rings. The van der Waals surface area contributed by atoms with E-state index in [1.807, 2.05) is 6.07 Å². The Hall–Kier alpha value is -2.03. The number of anilines is 1. The highest BCUT2D eigenvalue weighted by atomic mass is 16.1. The Bertz CT molecular complexity index is 853. The van der Waals surface area contributed by atoms with Crippen molar-refractivity contribution >= 4 is 26.4 Å². The average Bonchev–Trinajstić information content (AvgIpc) is 2.69. The van der Waals surface area contributed by atoms with Gasteiger partial charge in [-0.2, -0.15) is 0 Å². The Labute approximate surface area is 177 Å². The van der Waals surface area contributed by atoms with E-state index in [4.69, 9.17) is 13.0 Å². The van der Waals surface area contributed by atoms with Crippen molar-refractivity contribution in [3.63, 3.8) is 0 Å². The molecule has 0 saturated heterocycles. The Morgan fingerprint density at radius 2 is 1.93 bits per heavy atom. The lowest BCUT2D eigenvalue weighted by Gasteiger charge is -2.35. The number of aromatic nitrogens is 1. The zero-order valence-corrected chi connectivity index (χ0v) is 18.5. The van der Waals surface area contributed by atoms with Crippen LogP contribution in [0.5, 0.6) is 0 Å². The number of benzene rings is 1. The number of nitrogens with zero attached hydrogens (tertiary/aromatic N) is 2. The first kappa shape index (κ1) is 21.7. The first-order chi connectivity index (χ1) is 13.8. The van der Waals surface area contributed by atoms with Crippen LogP contribution in [0.2, 0.25) is 6.82 Å². The molecule has 1 aliphatic rings. The predicted octanol–water partition coefficient (Wildman–Crippen LogP) is 5.10. The fourth-order valence-corrected chi connectivity index (χ4v) is 4.64. The zero-order valence-electron chi connectivity index (χ0n) is 18.5. The van der Waals surface area contributed by atoms with Crippen molar-refractivity contribution in [1.82, 2.24) is 4.98 Å². The number of carbonyl (C=O) groups is 1. The standard InChI is InChI=1S/C24H32B2N2O/c1-16(2)21-12-11-20(29)14-22(21)24-18(4)17(3)13-23(27-24)28(25)26(5)15-19-9-7-6-8-10-19/h6-10,13,16,21-22H,11-12,14-15H2,1-5H3. The summed E-state index contributed by atoms with van der Waals surface area (Å²) in [6.45, 7) is 11.0. The minimum atomic E-state index is 0.119. The minimum absolute atomic E-state index is 0.119. The van der Waals surface area contributed by atoms with E-state index < -0.39 is 0 Å². The topological polar surface area (TPSA) is 33.2 Å². The Kier molecular flexibility index (Phi) is 6.87. The normalized spacial score (nSPS) is 19.4. The second-order valence-corrected chi connectivity index (χ2v) is 9.05. The van der Waals surface area contributed by atoms with Crippen molar-refractivity contribution in [2.45, 2.75) is 66.0 Å². The van der Waals surface area contributed by atoms with Gasteiger partial charge in [0, 0.05) is 24.5 Å². The predicted molar refractivity (Wildman–Crippen MR) is 124 cm³/mol. The number of hydrogen-bond acceptors (Lipinski definition) is 3. The third kappa shape index (κ3) is 4.94. The largest absolute Gasteiger partial charge is 0.454 e. The van der Waals surface area contributed by atoms with Crippen molar-refractivity contribution in [1.29, 1.82) is 0 Å². The molecular formula is C24H32B2N2O. The highest BCUT2D eigenvalue weighted by molar-refractivity contribution is 6.69. The van der Waals surface area contributed by atoms with Gasteiger partial charge in [0.2, 0.25) is 14.8 Å². The SMILES string of the molecule is [B]N(B(C)Cc1ccccc1)c1cc(C)c(C)c(C2CC(=O)CCC2C(C)C)n1. The van der Waals surface area contributed by atoms with Gasteiger partial charge in [-0.15, -0.1) is 0 Å².